The summed E-state index contributed by atoms with van der Waals surface area (Å²) in [6.45, 7) is 0. The number of carbonyl (C=O) groups is 1. The van der Waals surface area contributed by atoms with Gasteiger partial charge in [-0.1, -0.05) is 0 Å². The third kappa shape index (κ3) is 3.05. The molecule has 2 aromatic rings. The van der Waals surface area contributed by atoms with Crippen LogP contribution in [0, 0.1) is 11.6 Å². The van der Waals surface area contributed by atoms with Gasteiger partial charge in [0.25, 0.3) is 0 Å². The van der Waals surface area contributed by atoms with Gasteiger partial charge in [-0.3, -0.25) is 4.79 Å². The second-order valence-electron chi connectivity index (χ2n) is 4.15. The number of ether oxygens (including phenoxy) is 2. The van der Waals surface area contributed by atoms with Crippen molar-refractivity contribution in [1.29, 1.82) is 0 Å². The highest BCUT2D eigenvalue weighted by Crippen LogP contribution is 2.34. The summed E-state index contributed by atoms with van der Waals surface area (Å²) in [6.07, 6.45) is 0. The van der Waals surface area contributed by atoms with Gasteiger partial charge in [-0.15, -0.1) is 0 Å². The van der Waals surface area contributed by atoms with Crippen LogP contribution in [0.2, 0.25) is 0 Å². The fourth-order valence-corrected chi connectivity index (χ4v) is 2.32. The van der Waals surface area contributed by atoms with E-state index >= 15 is 0 Å². The fourth-order valence-electron chi connectivity index (χ4n) is 1.83. The van der Waals surface area contributed by atoms with E-state index in [0.29, 0.717) is 16.0 Å². The van der Waals surface area contributed by atoms with Crippen LogP contribution in [0.5, 0.6) is 11.5 Å². The van der Waals surface area contributed by atoms with Crippen molar-refractivity contribution in [2.24, 2.45) is 0 Å². The Morgan fingerprint density at radius 1 is 1.00 bits per heavy atom. The zero-order chi connectivity index (χ0) is 15.6. The van der Waals surface area contributed by atoms with Gasteiger partial charge in [0, 0.05) is 5.56 Å². The lowest BCUT2D eigenvalue weighted by molar-refractivity contribution is 0.103. The summed E-state index contributed by atoms with van der Waals surface area (Å²) in [6, 6.07) is 6.03. The average Bonchev–Trinajstić information content (AvgIpc) is 2.49. The zero-order valence-electron chi connectivity index (χ0n) is 11.2. The van der Waals surface area contributed by atoms with Crippen molar-refractivity contribution in [3.63, 3.8) is 0 Å². The van der Waals surface area contributed by atoms with Crippen molar-refractivity contribution in [2.75, 3.05) is 14.2 Å². The number of halogens is 3. The van der Waals surface area contributed by atoms with Crippen LogP contribution in [-0.2, 0) is 0 Å². The van der Waals surface area contributed by atoms with Gasteiger partial charge in [0.2, 0.25) is 0 Å². The Hall–Kier alpha value is -1.95. The predicted molar refractivity (Wildman–Crippen MR) is 77.0 cm³/mol. The summed E-state index contributed by atoms with van der Waals surface area (Å²) in [4.78, 5) is 12.4. The minimum Gasteiger partial charge on any atom is -0.496 e. The Balaban J connectivity index is 2.53. The van der Waals surface area contributed by atoms with Crippen molar-refractivity contribution in [2.45, 2.75) is 0 Å². The molecule has 2 aromatic carbocycles. The van der Waals surface area contributed by atoms with Crippen LogP contribution in [-0.4, -0.2) is 20.0 Å². The number of carbonyl (C=O) groups excluding carboxylic acids is 1. The highest BCUT2D eigenvalue weighted by atomic mass is 79.9. The molecule has 0 fully saturated rings. The molecule has 0 spiro atoms. The SMILES string of the molecule is COc1cc(C(=O)c2ccc(F)c(F)c2)c(OC)cc1Br. The molecule has 0 unspecified atom stereocenters. The van der Waals surface area contributed by atoms with Gasteiger partial charge >= 0.3 is 0 Å². The second-order valence-corrected chi connectivity index (χ2v) is 5.00. The Labute approximate surface area is 128 Å². The summed E-state index contributed by atoms with van der Waals surface area (Å²) in [5.74, 6) is -1.84. The quantitative estimate of drug-likeness (QED) is 0.777. The van der Waals surface area contributed by atoms with Crippen molar-refractivity contribution in [3.8, 4) is 11.5 Å². The van der Waals surface area contributed by atoms with Crippen LogP contribution < -0.4 is 9.47 Å². The van der Waals surface area contributed by atoms with Gasteiger partial charge in [-0.05, 0) is 46.3 Å². The van der Waals surface area contributed by atoms with Gasteiger partial charge in [0.05, 0.1) is 24.3 Å². The first-order valence-corrected chi connectivity index (χ1v) is 6.68. The van der Waals surface area contributed by atoms with E-state index in [1.807, 2.05) is 0 Å². The van der Waals surface area contributed by atoms with Crippen LogP contribution in [0.25, 0.3) is 0 Å². The summed E-state index contributed by atoms with van der Waals surface area (Å²) < 4.78 is 37.1. The van der Waals surface area contributed by atoms with Crippen molar-refractivity contribution >= 4 is 21.7 Å². The van der Waals surface area contributed by atoms with E-state index in [4.69, 9.17) is 9.47 Å². The molecule has 0 aliphatic carbocycles. The number of methoxy groups -OCH3 is 2. The summed E-state index contributed by atoms with van der Waals surface area (Å²) in [5.41, 5.74) is 0.222. The first kappa shape index (κ1) is 15.4. The molecule has 0 aliphatic heterocycles. The van der Waals surface area contributed by atoms with Crippen LogP contribution in [0.1, 0.15) is 15.9 Å². The third-order valence-electron chi connectivity index (χ3n) is 2.90. The van der Waals surface area contributed by atoms with Gasteiger partial charge in [0.15, 0.2) is 17.4 Å². The van der Waals surface area contributed by atoms with E-state index in [1.54, 1.807) is 6.07 Å². The van der Waals surface area contributed by atoms with Crippen LogP contribution in [0.3, 0.4) is 0 Å². The molecule has 0 atom stereocenters. The van der Waals surface area contributed by atoms with Crippen LogP contribution in [0.15, 0.2) is 34.8 Å². The highest BCUT2D eigenvalue weighted by Gasteiger charge is 2.19. The van der Waals surface area contributed by atoms with E-state index in [0.717, 1.165) is 12.1 Å². The van der Waals surface area contributed by atoms with E-state index in [1.165, 1.54) is 26.4 Å². The molecular formula is C15H11BrF2O3. The molecule has 0 radical (unpaired) electrons. The number of benzene rings is 2. The highest BCUT2D eigenvalue weighted by molar-refractivity contribution is 9.10. The molecule has 0 N–H and O–H groups in total. The molecule has 0 heterocycles. The maximum atomic E-state index is 13.3. The third-order valence-corrected chi connectivity index (χ3v) is 3.52. The standard InChI is InChI=1S/C15H11BrF2O3/c1-20-13-7-10(16)14(21-2)6-9(13)15(19)8-3-4-11(17)12(18)5-8/h3-7H,1-2H3. The molecular weight excluding hydrogens is 346 g/mol. The van der Waals surface area contributed by atoms with Crippen molar-refractivity contribution < 1.29 is 23.0 Å². The monoisotopic (exact) mass is 356 g/mol. The maximum Gasteiger partial charge on any atom is 0.196 e. The van der Waals surface area contributed by atoms with Crippen LogP contribution in [0.4, 0.5) is 8.78 Å². The minimum absolute atomic E-state index is 0.0246. The lowest BCUT2D eigenvalue weighted by Gasteiger charge is -2.11. The van der Waals surface area contributed by atoms with E-state index < -0.39 is 17.4 Å². The number of ketones is 1. The molecule has 0 saturated carbocycles. The van der Waals surface area contributed by atoms with Gasteiger partial charge < -0.3 is 9.47 Å². The molecule has 0 amide bonds. The molecule has 0 saturated heterocycles. The summed E-state index contributed by atoms with van der Waals surface area (Å²) in [7, 11) is 2.87. The molecule has 110 valence electrons. The largest absolute Gasteiger partial charge is 0.496 e. The summed E-state index contributed by atoms with van der Waals surface area (Å²) in [5, 5.41) is 0. The first-order valence-electron chi connectivity index (χ1n) is 5.89. The molecule has 3 nitrogen and oxygen atoms in total. The minimum atomic E-state index is -1.08. The topological polar surface area (TPSA) is 35.5 Å². The molecule has 0 bridgehead atoms. The number of hydrogen-bond donors (Lipinski definition) is 0. The predicted octanol–water partition coefficient (Wildman–Crippen LogP) is 3.98. The summed E-state index contributed by atoms with van der Waals surface area (Å²) >= 11 is 3.28. The van der Waals surface area contributed by atoms with Crippen molar-refractivity contribution in [1.82, 2.24) is 0 Å². The van der Waals surface area contributed by atoms with Crippen LogP contribution >= 0.6 is 15.9 Å². The van der Waals surface area contributed by atoms with E-state index in [-0.39, 0.29) is 11.1 Å². The van der Waals surface area contributed by atoms with E-state index in [9.17, 15) is 13.6 Å². The zero-order valence-corrected chi connectivity index (χ0v) is 12.8. The Bertz CT molecular complexity index is 702. The van der Waals surface area contributed by atoms with Gasteiger partial charge in [0.1, 0.15) is 11.5 Å². The Morgan fingerprint density at radius 2 is 1.67 bits per heavy atom. The lowest BCUT2D eigenvalue weighted by Crippen LogP contribution is -2.06. The molecule has 6 heteroatoms. The molecule has 0 aromatic heterocycles. The Kier molecular flexibility index (Phi) is 4.57. The first-order chi connectivity index (χ1) is 9.97. The Morgan fingerprint density at radius 3 is 2.24 bits per heavy atom. The van der Waals surface area contributed by atoms with E-state index in [2.05, 4.69) is 15.9 Å². The average molecular weight is 357 g/mol. The number of hydrogen-bond acceptors (Lipinski definition) is 3. The maximum absolute atomic E-state index is 13.3. The lowest BCUT2D eigenvalue weighted by atomic mass is 10.0. The second kappa shape index (κ2) is 6.22. The number of rotatable bonds is 4. The molecule has 0 aliphatic rings. The van der Waals surface area contributed by atoms with Gasteiger partial charge in [-0.25, -0.2) is 8.78 Å². The molecule has 21 heavy (non-hydrogen) atoms. The van der Waals surface area contributed by atoms with Crippen molar-refractivity contribution in [3.05, 3.63) is 57.6 Å². The molecule has 2 rings (SSSR count). The van der Waals surface area contributed by atoms with Gasteiger partial charge in [-0.2, -0.15) is 0 Å². The fraction of sp³-hybridized carbons (Fsp3) is 0.133. The normalized spacial score (nSPS) is 10.3. The smallest absolute Gasteiger partial charge is 0.196 e.